The summed E-state index contributed by atoms with van der Waals surface area (Å²) >= 11 is 0. The van der Waals surface area contributed by atoms with Crippen LogP contribution in [0.3, 0.4) is 0 Å². The number of ether oxygens (including phenoxy) is 6. The van der Waals surface area contributed by atoms with E-state index in [9.17, 15) is 4.79 Å². The fraction of sp³-hybridized carbons (Fsp3) is 0.875. The summed E-state index contributed by atoms with van der Waals surface area (Å²) in [6.45, 7) is 5.40. The lowest BCUT2D eigenvalue weighted by atomic mass is 9.99. The highest BCUT2D eigenvalue weighted by Crippen LogP contribution is 2.50. The summed E-state index contributed by atoms with van der Waals surface area (Å²) in [6, 6.07) is 0. The number of carbonyl (C=O) groups is 1. The van der Waals surface area contributed by atoms with Crippen molar-refractivity contribution in [2.45, 2.75) is 126 Å². The van der Waals surface area contributed by atoms with Gasteiger partial charge in [-0.25, -0.2) is 4.79 Å². The average molecular weight is 437 g/mol. The van der Waals surface area contributed by atoms with E-state index in [0.717, 1.165) is 51.4 Å². The third-order valence-corrected chi connectivity index (χ3v) is 7.43. The predicted octanol–water partition coefficient (Wildman–Crippen LogP) is 4.13. The van der Waals surface area contributed by atoms with Gasteiger partial charge in [0.25, 0.3) is 0 Å². The fourth-order valence-corrected chi connectivity index (χ4v) is 5.81. The molecule has 0 aromatic heterocycles. The van der Waals surface area contributed by atoms with E-state index in [1.807, 2.05) is 0 Å². The van der Waals surface area contributed by atoms with Gasteiger partial charge in [-0.05, 0) is 32.6 Å². The number of carbonyl (C=O) groups excluding carboxylic acids is 1. The lowest BCUT2D eigenvalue weighted by molar-refractivity contribution is -0.251. The van der Waals surface area contributed by atoms with Crippen LogP contribution in [0.1, 0.15) is 84.0 Å². The van der Waals surface area contributed by atoms with Crippen LogP contribution in [-0.2, 0) is 33.2 Å². The minimum absolute atomic E-state index is 0.0892. The number of hydrogen-bond acceptors (Lipinski definition) is 7. The van der Waals surface area contributed by atoms with Crippen LogP contribution in [0.5, 0.6) is 0 Å². The summed E-state index contributed by atoms with van der Waals surface area (Å²) in [5, 5.41) is 0. The van der Waals surface area contributed by atoms with E-state index in [1.165, 1.54) is 25.7 Å². The summed E-state index contributed by atoms with van der Waals surface area (Å²) < 4.78 is 38.1. The molecule has 0 amide bonds. The number of hydrogen-bond donors (Lipinski definition) is 0. The smallest absolute Gasteiger partial charge is 0.333 e. The van der Waals surface area contributed by atoms with Gasteiger partial charge in [-0.1, -0.05) is 32.3 Å². The van der Waals surface area contributed by atoms with Crippen molar-refractivity contribution < 1.29 is 33.2 Å². The number of rotatable bonds is 3. The Morgan fingerprint density at radius 2 is 1.32 bits per heavy atom. The number of fused-ring (bicyclic) bond motifs is 3. The molecule has 2 aliphatic carbocycles. The van der Waals surface area contributed by atoms with Crippen LogP contribution < -0.4 is 0 Å². The van der Waals surface area contributed by atoms with Gasteiger partial charge in [0.2, 0.25) is 0 Å². The second-order valence-corrected chi connectivity index (χ2v) is 9.94. The minimum atomic E-state index is -0.595. The topological polar surface area (TPSA) is 72.5 Å². The summed E-state index contributed by atoms with van der Waals surface area (Å²) in [7, 11) is 0. The Morgan fingerprint density at radius 3 is 1.90 bits per heavy atom. The van der Waals surface area contributed by atoms with E-state index in [0.29, 0.717) is 5.57 Å². The zero-order valence-electron chi connectivity index (χ0n) is 18.6. The predicted molar refractivity (Wildman–Crippen MR) is 111 cm³/mol. The molecule has 2 spiro atoms. The van der Waals surface area contributed by atoms with E-state index in [2.05, 4.69) is 6.58 Å². The summed E-state index contributed by atoms with van der Waals surface area (Å²) in [5.74, 6) is -1.61. The van der Waals surface area contributed by atoms with Crippen LogP contribution in [0.25, 0.3) is 0 Å². The second-order valence-electron chi connectivity index (χ2n) is 9.94. The maximum absolute atomic E-state index is 12.0. The molecule has 3 aliphatic heterocycles. The van der Waals surface area contributed by atoms with Gasteiger partial charge in [0.15, 0.2) is 17.9 Å². The van der Waals surface area contributed by atoms with Crippen LogP contribution in [0, 0.1) is 0 Å². The molecular formula is C24H36O7. The van der Waals surface area contributed by atoms with Crippen molar-refractivity contribution in [3.63, 3.8) is 0 Å². The molecule has 5 atom stereocenters. The van der Waals surface area contributed by atoms with Gasteiger partial charge < -0.3 is 28.4 Å². The molecule has 31 heavy (non-hydrogen) atoms. The minimum Gasteiger partial charge on any atom is -0.459 e. The summed E-state index contributed by atoms with van der Waals surface area (Å²) in [5.41, 5.74) is 0.368. The standard InChI is InChI=1S/C24H36O7/c1-16(2)21(25)26-15-17-18-19(29-23(28-18)11-7-3-4-8-12-23)20-22(27-17)31-24(30-20)13-9-5-6-10-14-24/h17-20,22H,1,3-15H2,2H3/t17-,18+,19+,20-,22+/m1/s1. The molecule has 0 radical (unpaired) electrons. The molecule has 3 heterocycles. The SMILES string of the molecule is C=C(C)C(=O)OC[C@H]1O[C@H]2OC3(CCCCCC3)O[C@@H]2[C@H]2OC3(CCCCCC3)O[C@H]21. The van der Waals surface area contributed by atoms with E-state index >= 15 is 0 Å². The molecule has 2 saturated carbocycles. The Hall–Kier alpha value is -0.990. The molecule has 5 fully saturated rings. The first-order valence-corrected chi connectivity index (χ1v) is 12.2. The summed E-state index contributed by atoms with van der Waals surface area (Å²) in [6.07, 6.45) is 10.8. The van der Waals surface area contributed by atoms with Crippen molar-refractivity contribution in [3.8, 4) is 0 Å². The zero-order chi connectivity index (χ0) is 21.5. The average Bonchev–Trinajstić information content (AvgIpc) is 3.08. The molecule has 0 aromatic rings. The van der Waals surface area contributed by atoms with Crippen molar-refractivity contribution in [1.29, 1.82) is 0 Å². The van der Waals surface area contributed by atoms with Crippen molar-refractivity contribution in [2.24, 2.45) is 0 Å². The second kappa shape index (κ2) is 8.75. The van der Waals surface area contributed by atoms with Crippen LogP contribution in [0.2, 0.25) is 0 Å². The normalized spacial score (nSPS) is 38.8. The lowest BCUT2D eigenvalue weighted by Gasteiger charge is -2.36. The highest BCUT2D eigenvalue weighted by Gasteiger charge is 2.63. The zero-order valence-corrected chi connectivity index (χ0v) is 18.6. The van der Waals surface area contributed by atoms with Gasteiger partial charge >= 0.3 is 5.97 Å². The quantitative estimate of drug-likeness (QED) is 0.486. The van der Waals surface area contributed by atoms with Crippen molar-refractivity contribution >= 4 is 5.97 Å². The fourth-order valence-electron chi connectivity index (χ4n) is 5.81. The molecule has 0 unspecified atom stereocenters. The lowest BCUT2D eigenvalue weighted by Crippen LogP contribution is -2.56. The van der Waals surface area contributed by atoms with Gasteiger partial charge in [0.1, 0.15) is 31.0 Å². The first-order valence-electron chi connectivity index (χ1n) is 12.2. The maximum atomic E-state index is 12.0. The van der Waals surface area contributed by atoms with E-state index in [1.54, 1.807) is 6.92 Å². The van der Waals surface area contributed by atoms with Gasteiger partial charge in [-0.15, -0.1) is 0 Å². The Balaban J connectivity index is 1.37. The van der Waals surface area contributed by atoms with E-state index in [-0.39, 0.29) is 24.9 Å². The third-order valence-electron chi connectivity index (χ3n) is 7.43. The molecule has 5 aliphatic rings. The Labute approximate surface area is 184 Å². The van der Waals surface area contributed by atoms with Gasteiger partial charge in [0.05, 0.1) is 0 Å². The molecule has 0 bridgehead atoms. The Bertz CT molecular complexity index is 675. The van der Waals surface area contributed by atoms with Gasteiger partial charge in [0, 0.05) is 31.3 Å². The largest absolute Gasteiger partial charge is 0.459 e. The van der Waals surface area contributed by atoms with E-state index < -0.39 is 29.9 Å². The Kier molecular flexibility index (Phi) is 6.16. The van der Waals surface area contributed by atoms with Crippen molar-refractivity contribution in [3.05, 3.63) is 12.2 Å². The maximum Gasteiger partial charge on any atom is 0.333 e. The van der Waals surface area contributed by atoms with Gasteiger partial charge in [-0.2, -0.15) is 0 Å². The monoisotopic (exact) mass is 436 g/mol. The van der Waals surface area contributed by atoms with Crippen molar-refractivity contribution in [2.75, 3.05) is 6.61 Å². The van der Waals surface area contributed by atoms with Crippen LogP contribution in [-0.4, -0.2) is 54.9 Å². The molecule has 5 rings (SSSR count). The van der Waals surface area contributed by atoms with Crippen LogP contribution in [0.15, 0.2) is 12.2 Å². The Morgan fingerprint density at radius 1 is 0.806 bits per heavy atom. The molecule has 3 saturated heterocycles. The first-order chi connectivity index (χ1) is 15.0. The highest BCUT2D eigenvalue weighted by molar-refractivity contribution is 5.86. The third kappa shape index (κ3) is 4.32. The highest BCUT2D eigenvalue weighted by atomic mass is 16.9. The molecule has 7 heteroatoms. The molecule has 7 nitrogen and oxygen atoms in total. The first kappa shape index (κ1) is 21.8. The summed E-state index contributed by atoms with van der Waals surface area (Å²) in [4.78, 5) is 12.0. The molecule has 174 valence electrons. The van der Waals surface area contributed by atoms with Crippen LogP contribution >= 0.6 is 0 Å². The van der Waals surface area contributed by atoms with Crippen LogP contribution in [0.4, 0.5) is 0 Å². The molecule has 0 aromatic carbocycles. The molecular weight excluding hydrogens is 400 g/mol. The number of esters is 1. The van der Waals surface area contributed by atoms with Crippen molar-refractivity contribution in [1.82, 2.24) is 0 Å². The van der Waals surface area contributed by atoms with E-state index in [4.69, 9.17) is 28.4 Å². The molecule has 0 N–H and O–H groups in total. The van der Waals surface area contributed by atoms with Gasteiger partial charge in [-0.3, -0.25) is 0 Å².